The van der Waals surface area contributed by atoms with Crippen LogP contribution in [0.25, 0.3) is 11.8 Å². The minimum Gasteiger partial charge on any atom is -0.497 e. The molecular weight excluding hydrogens is 336 g/mol. The van der Waals surface area contributed by atoms with Crippen LogP contribution in [-0.4, -0.2) is 34.3 Å². The second-order valence-electron chi connectivity index (χ2n) is 5.82. The maximum Gasteiger partial charge on any atom is 0.293 e. The summed E-state index contributed by atoms with van der Waals surface area (Å²) >= 11 is 1.01. The number of hydrogen-bond acceptors (Lipinski definition) is 4. The summed E-state index contributed by atoms with van der Waals surface area (Å²) in [5, 5.41) is -0.190. The molecule has 1 aromatic carbocycles. The highest BCUT2D eigenvalue weighted by atomic mass is 32.2. The quantitative estimate of drug-likeness (QED) is 0.752. The van der Waals surface area contributed by atoms with Crippen LogP contribution in [0.5, 0.6) is 5.75 Å². The first-order valence-electron chi connectivity index (χ1n) is 8.12. The smallest absolute Gasteiger partial charge is 0.293 e. The van der Waals surface area contributed by atoms with E-state index in [0.717, 1.165) is 40.9 Å². The van der Waals surface area contributed by atoms with Crippen molar-refractivity contribution in [2.75, 3.05) is 13.7 Å². The number of aromatic nitrogens is 1. The van der Waals surface area contributed by atoms with Gasteiger partial charge in [0.1, 0.15) is 5.75 Å². The van der Waals surface area contributed by atoms with E-state index in [0.29, 0.717) is 11.4 Å². The van der Waals surface area contributed by atoms with Crippen molar-refractivity contribution >= 4 is 29.0 Å². The molecule has 0 bridgehead atoms. The van der Waals surface area contributed by atoms with Gasteiger partial charge in [-0.1, -0.05) is 6.92 Å². The van der Waals surface area contributed by atoms with Crippen LogP contribution in [-0.2, 0) is 4.79 Å². The number of thioether (sulfide) groups is 1. The Morgan fingerprint density at radius 3 is 2.56 bits per heavy atom. The zero-order valence-electron chi connectivity index (χ0n) is 14.5. The molecule has 1 aliphatic heterocycles. The van der Waals surface area contributed by atoms with Crippen LogP contribution in [0.2, 0.25) is 0 Å². The number of hydrogen-bond donors (Lipinski definition) is 0. The van der Waals surface area contributed by atoms with Gasteiger partial charge in [-0.3, -0.25) is 14.5 Å². The van der Waals surface area contributed by atoms with Gasteiger partial charge in [-0.15, -0.1) is 0 Å². The number of nitrogens with zero attached hydrogens (tertiary/aromatic N) is 2. The molecule has 130 valence electrons. The Bertz CT molecular complexity index is 837. The van der Waals surface area contributed by atoms with Gasteiger partial charge in [-0.05, 0) is 67.1 Å². The number of imide groups is 1. The van der Waals surface area contributed by atoms with Crippen LogP contribution >= 0.6 is 11.8 Å². The highest BCUT2D eigenvalue weighted by molar-refractivity contribution is 8.18. The van der Waals surface area contributed by atoms with Gasteiger partial charge in [0, 0.05) is 24.1 Å². The third-order valence-electron chi connectivity index (χ3n) is 4.00. The Hall–Kier alpha value is -2.47. The van der Waals surface area contributed by atoms with E-state index in [9.17, 15) is 9.59 Å². The molecule has 5 nitrogen and oxygen atoms in total. The Balaban J connectivity index is 1.87. The number of amides is 2. The molecule has 1 aliphatic rings. The summed E-state index contributed by atoms with van der Waals surface area (Å²) < 4.78 is 7.23. The van der Waals surface area contributed by atoms with E-state index in [2.05, 4.69) is 0 Å². The lowest BCUT2D eigenvalue weighted by molar-refractivity contribution is -0.122. The topological polar surface area (TPSA) is 51.5 Å². The van der Waals surface area contributed by atoms with E-state index < -0.39 is 0 Å². The molecule has 0 aliphatic carbocycles. The molecule has 2 amide bonds. The maximum absolute atomic E-state index is 12.3. The third kappa shape index (κ3) is 3.49. The van der Waals surface area contributed by atoms with E-state index in [1.54, 1.807) is 13.2 Å². The zero-order valence-corrected chi connectivity index (χ0v) is 15.3. The van der Waals surface area contributed by atoms with Gasteiger partial charge in [0.05, 0.1) is 12.0 Å². The first kappa shape index (κ1) is 17.4. The molecule has 6 heteroatoms. The predicted octanol–water partition coefficient (Wildman–Crippen LogP) is 4.24. The summed E-state index contributed by atoms with van der Waals surface area (Å²) in [6, 6.07) is 9.77. The third-order valence-corrected chi connectivity index (χ3v) is 4.91. The van der Waals surface area contributed by atoms with Crippen molar-refractivity contribution in [3.63, 3.8) is 0 Å². The average Bonchev–Trinajstić information content (AvgIpc) is 3.10. The fourth-order valence-corrected chi connectivity index (χ4v) is 3.63. The van der Waals surface area contributed by atoms with Gasteiger partial charge in [0.25, 0.3) is 11.1 Å². The number of ether oxygens (including phenoxy) is 1. The number of carbonyl (C=O) groups is 2. The van der Waals surface area contributed by atoms with Crippen molar-refractivity contribution in [1.82, 2.24) is 9.47 Å². The van der Waals surface area contributed by atoms with Gasteiger partial charge in [-0.25, -0.2) is 0 Å². The van der Waals surface area contributed by atoms with Crippen molar-refractivity contribution in [3.05, 3.63) is 52.7 Å². The van der Waals surface area contributed by atoms with Crippen molar-refractivity contribution in [2.45, 2.75) is 20.3 Å². The van der Waals surface area contributed by atoms with Crippen LogP contribution in [0.3, 0.4) is 0 Å². The Morgan fingerprint density at radius 2 is 1.92 bits per heavy atom. The van der Waals surface area contributed by atoms with E-state index >= 15 is 0 Å². The molecule has 3 rings (SSSR count). The van der Waals surface area contributed by atoms with Gasteiger partial charge in [0.15, 0.2) is 0 Å². The lowest BCUT2D eigenvalue weighted by atomic mass is 10.3. The minimum absolute atomic E-state index is 0.190. The molecule has 25 heavy (non-hydrogen) atoms. The molecule has 1 fully saturated rings. The fraction of sp³-hybridized carbons (Fsp3) is 0.263. The number of benzene rings is 1. The molecule has 0 atom stereocenters. The van der Waals surface area contributed by atoms with Gasteiger partial charge in [-0.2, -0.15) is 0 Å². The molecule has 1 aromatic heterocycles. The largest absolute Gasteiger partial charge is 0.497 e. The lowest BCUT2D eigenvalue weighted by Gasteiger charge is -2.09. The molecule has 0 radical (unpaired) electrons. The lowest BCUT2D eigenvalue weighted by Crippen LogP contribution is -2.28. The van der Waals surface area contributed by atoms with Crippen LogP contribution < -0.4 is 4.74 Å². The standard InChI is InChI=1S/C19H20N2O3S/c1-4-9-20-18(22)17(25-19(20)23)11-14-10-13(2)21(12-14)15-5-7-16(24-3)8-6-15/h5-8,10-12H,4,9H2,1-3H3/b17-11+. The SMILES string of the molecule is CCCN1C(=O)S/C(=C/c2cc(C)n(-c3ccc(OC)cc3)c2)C1=O. The van der Waals surface area contributed by atoms with Crippen molar-refractivity contribution < 1.29 is 14.3 Å². The van der Waals surface area contributed by atoms with E-state index in [1.165, 1.54) is 4.90 Å². The Morgan fingerprint density at radius 1 is 1.20 bits per heavy atom. The molecule has 0 saturated carbocycles. The summed E-state index contributed by atoms with van der Waals surface area (Å²) in [6.45, 7) is 4.42. The average molecular weight is 356 g/mol. The number of methoxy groups -OCH3 is 1. The monoisotopic (exact) mass is 356 g/mol. The summed E-state index contributed by atoms with van der Waals surface area (Å²) in [7, 11) is 1.64. The fourth-order valence-electron chi connectivity index (χ4n) is 2.77. The summed E-state index contributed by atoms with van der Waals surface area (Å²) in [5.41, 5.74) is 2.96. The molecule has 2 heterocycles. The molecular formula is C19H20N2O3S. The number of rotatable bonds is 5. The first-order valence-corrected chi connectivity index (χ1v) is 8.94. The zero-order chi connectivity index (χ0) is 18.0. The summed E-state index contributed by atoms with van der Waals surface area (Å²) in [5.74, 6) is 0.602. The number of aryl methyl sites for hydroxylation is 1. The minimum atomic E-state index is -0.202. The number of carbonyl (C=O) groups excluding carboxylic acids is 2. The van der Waals surface area contributed by atoms with Crippen LogP contribution in [0.15, 0.2) is 41.4 Å². The van der Waals surface area contributed by atoms with Gasteiger partial charge >= 0.3 is 0 Å². The summed E-state index contributed by atoms with van der Waals surface area (Å²) in [4.78, 5) is 26.1. The molecule has 0 unspecified atom stereocenters. The van der Waals surface area contributed by atoms with Crippen molar-refractivity contribution in [3.8, 4) is 11.4 Å². The van der Waals surface area contributed by atoms with Crippen LogP contribution in [0.1, 0.15) is 24.6 Å². The molecule has 2 aromatic rings. The van der Waals surface area contributed by atoms with Gasteiger partial charge < -0.3 is 9.30 Å². The molecule has 1 saturated heterocycles. The van der Waals surface area contributed by atoms with Crippen molar-refractivity contribution in [1.29, 1.82) is 0 Å². The molecule has 0 spiro atoms. The summed E-state index contributed by atoms with van der Waals surface area (Å²) in [6.07, 6.45) is 4.51. The van der Waals surface area contributed by atoms with Crippen LogP contribution in [0.4, 0.5) is 4.79 Å². The second kappa shape index (κ2) is 7.19. The van der Waals surface area contributed by atoms with E-state index in [-0.39, 0.29) is 11.1 Å². The highest BCUT2D eigenvalue weighted by Crippen LogP contribution is 2.32. The predicted molar refractivity (Wildman–Crippen MR) is 100 cm³/mol. The first-order chi connectivity index (χ1) is 12.0. The maximum atomic E-state index is 12.3. The van der Waals surface area contributed by atoms with Crippen LogP contribution in [0, 0.1) is 6.92 Å². The Kier molecular flexibility index (Phi) is 4.99. The van der Waals surface area contributed by atoms with Gasteiger partial charge in [0.2, 0.25) is 0 Å². The van der Waals surface area contributed by atoms with E-state index in [4.69, 9.17) is 4.74 Å². The van der Waals surface area contributed by atoms with E-state index in [1.807, 2.05) is 54.9 Å². The normalized spacial score (nSPS) is 16.1. The van der Waals surface area contributed by atoms with Crippen molar-refractivity contribution in [2.24, 2.45) is 0 Å². The highest BCUT2D eigenvalue weighted by Gasteiger charge is 2.34. The Labute approximate surface area is 151 Å². The molecule has 0 N–H and O–H groups in total. The second-order valence-corrected chi connectivity index (χ2v) is 6.81.